The topological polar surface area (TPSA) is 59.3 Å². The molecule has 192 valence electrons. The molecule has 2 aromatic rings. The first kappa shape index (κ1) is 27.9. The minimum Gasteiger partial charge on any atom is -0.489 e. The summed E-state index contributed by atoms with van der Waals surface area (Å²) < 4.78 is 12.1. The smallest absolute Gasteiger partial charge is 0.159 e. The van der Waals surface area contributed by atoms with Crippen molar-refractivity contribution in [3.63, 3.8) is 0 Å². The molecule has 1 unspecified atom stereocenters. The van der Waals surface area contributed by atoms with E-state index in [2.05, 4.69) is 32.6 Å². The number of Topliss-reactive ketones (excluding diaryl/α,β-unsaturated/α-hetero) is 1. The molecule has 1 saturated heterocycles. The number of carbonyl (C=O) groups excluding carboxylic acids is 1. The van der Waals surface area contributed by atoms with Crippen molar-refractivity contribution in [3.8, 4) is 11.8 Å². The molecule has 0 bridgehead atoms. The number of ether oxygens (including phenoxy) is 2. The van der Waals surface area contributed by atoms with Crippen LogP contribution in [-0.2, 0) is 4.74 Å². The number of nitriles is 1. The van der Waals surface area contributed by atoms with Crippen LogP contribution in [0.1, 0.15) is 81.4 Å². The van der Waals surface area contributed by atoms with Crippen molar-refractivity contribution >= 4 is 16.9 Å². The summed E-state index contributed by atoms with van der Waals surface area (Å²) in [6.07, 6.45) is 7.70. The second-order valence-corrected chi connectivity index (χ2v) is 10.2. The fraction of sp³-hybridized carbons (Fsp3) is 0.333. The van der Waals surface area contributed by atoms with E-state index in [0.29, 0.717) is 23.5 Å². The highest BCUT2D eigenvalue weighted by atomic mass is 16.5. The molecule has 0 aliphatic carbocycles. The third kappa shape index (κ3) is 7.18. The Morgan fingerprint density at radius 1 is 1.11 bits per heavy atom. The van der Waals surface area contributed by atoms with Crippen LogP contribution in [0, 0.1) is 11.3 Å². The van der Waals surface area contributed by atoms with E-state index in [1.807, 2.05) is 75.4 Å². The van der Waals surface area contributed by atoms with Crippen molar-refractivity contribution in [2.75, 3.05) is 6.61 Å². The first-order valence-electron chi connectivity index (χ1n) is 12.7. The number of allylic oxidation sites excluding steroid dienone is 7. The first-order valence-corrected chi connectivity index (χ1v) is 12.7. The standard InChI is InChI=1S/C33H37NO3/c1-8-9-31(24(4)22(2)18-23(3)26-10-12-27(13-11-26)25(5)35)28-14-15-32(29(19-28)21-34)37-30-16-17-36-33(6,7)20-30/h8-15,18-19,30H,2,16-17,20H2,1,3-7H3/b9-8-,23-18+,31-24+. The molecule has 1 heterocycles. The molecule has 37 heavy (non-hydrogen) atoms. The van der Waals surface area contributed by atoms with E-state index in [4.69, 9.17) is 9.47 Å². The van der Waals surface area contributed by atoms with Crippen molar-refractivity contribution in [1.29, 1.82) is 5.26 Å². The van der Waals surface area contributed by atoms with E-state index >= 15 is 0 Å². The van der Waals surface area contributed by atoms with Gasteiger partial charge in [0, 0.05) is 18.4 Å². The third-order valence-corrected chi connectivity index (χ3v) is 6.71. The highest BCUT2D eigenvalue weighted by Gasteiger charge is 2.30. The Morgan fingerprint density at radius 2 is 1.76 bits per heavy atom. The van der Waals surface area contributed by atoms with Gasteiger partial charge in [-0.2, -0.15) is 5.26 Å². The van der Waals surface area contributed by atoms with Crippen molar-refractivity contribution in [2.24, 2.45) is 0 Å². The van der Waals surface area contributed by atoms with Crippen LogP contribution < -0.4 is 4.74 Å². The van der Waals surface area contributed by atoms with Gasteiger partial charge in [-0.25, -0.2) is 0 Å². The molecule has 0 saturated carbocycles. The zero-order valence-corrected chi connectivity index (χ0v) is 22.9. The summed E-state index contributed by atoms with van der Waals surface area (Å²) in [4.78, 5) is 11.6. The molecule has 0 radical (unpaired) electrons. The van der Waals surface area contributed by atoms with E-state index < -0.39 is 0 Å². The minimum atomic E-state index is -0.226. The Kier molecular flexibility index (Phi) is 9.08. The van der Waals surface area contributed by atoms with Crippen LogP contribution in [0.2, 0.25) is 0 Å². The van der Waals surface area contributed by atoms with Crippen LogP contribution in [0.5, 0.6) is 5.75 Å². The lowest BCUT2D eigenvalue weighted by Gasteiger charge is -2.35. The maximum atomic E-state index is 11.6. The lowest BCUT2D eigenvalue weighted by molar-refractivity contribution is -0.0897. The van der Waals surface area contributed by atoms with Crippen molar-refractivity contribution < 1.29 is 14.3 Å². The molecule has 0 amide bonds. The predicted octanol–water partition coefficient (Wildman–Crippen LogP) is 8.11. The third-order valence-electron chi connectivity index (χ3n) is 6.71. The van der Waals surface area contributed by atoms with Crippen molar-refractivity contribution in [2.45, 2.75) is 66.1 Å². The van der Waals surface area contributed by atoms with Crippen LogP contribution in [0.4, 0.5) is 0 Å². The van der Waals surface area contributed by atoms with Crippen molar-refractivity contribution in [3.05, 3.63) is 101 Å². The molecular weight excluding hydrogens is 458 g/mol. The fourth-order valence-electron chi connectivity index (χ4n) is 4.54. The summed E-state index contributed by atoms with van der Waals surface area (Å²) in [5.41, 5.74) is 6.91. The van der Waals surface area contributed by atoms with Gasteiger partial charge in [0.05, 0.1) is 17.8 Å². The molecule has 1 aliphatic rings. The van der Waals surface area contributed by atoms with Gasteiger partial charge in [0.1, 0.15) is 17.9 Å². The Balaban J connectivity index is 1.89. The number of hydrogen-bond acceptors (Lipinski definition) is 4. The summed E-state index contributed by atoms with van der Waals surface area (Å²) in [5, 5.41) is 9.90. The predicted molar refractivity (Wildman–Crippen MR) is 151 cm³/mol. The van der Waals surface area contributed by atoms with Gasteiger partial charge in [-0.3, -0.25) is 4.79 Å². The zero-order valence-electron chi connectivity index (χ0n) is 22.9. The number of hydrogen-bond donors (Lipinski definition) is 0. The molecule has 0 N–H and O–H groups in total. The van der Waals surface area contributed by atoms with Crippen LogP contribution in [0.15, 0.2) is 78.4 Å². The summed E-state index contributed by atoms with van der Waals surface area (Å²) in [5.74, 6) is 0.659. The van der Waals surface area contributed by atoms with Gasteiger partial charge in [-0.15, -0.1) is 0 Å². The van der Waals surface area contributed by atoms with E-state index in [-0.39, 0.29) is 17.5 Å². The Hall–Kier alpha value is -3.68. The molecule has 3 rings (SSSR count). The van der Waals surface area contributed by atoms with Crippen LogP contribution in [-0.4, -0.2) is 24.1 Å². The highest BCUT2D eigenvalue weighted by Crippen LogP contribution is 2.33. The van der Waals surface area contributed by atoms with E-state index in [9.17, 15) is 10.1 Å². The van der Waals surface area contributed by atoms with Crippen LogP contribution >= 0.6 is 0 Å². The summed E-state index contributed by atoms with van der Waals surface area (Å²) in [6, 6.07) is 15.7. The molecule has 4 heteroatoms. The number of carbonyl (C=O) groups is 1. The quantitative estimate of drug-likeness (QED) is 0.274. The Bertz CT molecular complexity index is 1300. The first-order chi connectivity index (χ1) is 17.5. The average Bonchev–Trinajstić information content (AvgIpc) is 2.86. The highest BCUT2D eigenvalue weighted by molar-refractivity contribution is 5.94. The van der Waals surface area contributed by atoms with E-state index in [1.54, 1.807) is 6.92 Å². The van der Waals surface area contributed by atoms with Gasteiger partial charge in [0.2, 0.25) is 0 Å². The van der Waals surface area contributed by atoms with Crippen LogP contribution in [0.3, 0.4) is 0 Å². The summed E-state index contributed by atoms with van der Waals surface area (Å²) in [7, 11) is 0. The average molecular weight is 496 g/mol. The van der Waals surface area contributed by atoms with Gasteiger partial charge in [-0.05, 0) is 87.1 Å². The fourth-order valence-corrected chi connectivity index (χ4v) is 4.54. The SMILES string of the molecule is C=C(/C=C(\C)c1ccc(C(C)=O)cc1)/C(C)=C(\C=C/C)c1ccc(OC2CCOC(C)(C)C2)c(C#N)c1. The molecule has 0 spiro atoms. The molecule has 0 aromatic heterocycles. The summed E-state index contributed by atoms with van der Waals surface area (Å²) >= 11 is 0. The van der Waals surface area contributed by atoms with Crippen molar-refractivity contribution in [1.82, 2.24) is 0 Å². The largest absolute Gasteiger partial charge is 0.489 e. The molecule has 1 fully saturated rings. The lowest BCUT2D eigenvalue weighted by atomic mass is 9.92. The number of nitrogens with zero attached hydrogens (tertiary/aromatic N) is 1. The second-order valence-electron chi connectivity index (χ2n) is 10.2. The van der Waals surface area contributed by atoms with Gasteiger partial charge >= 0.3 is 0 Å². The Morgan fingerprint density at radius 3 is 2.35 bits per heavy atom. The maximum Gasteiger partial charge on any atom is 0.159 e. The molecule has 1 aliphatic heterocycles. The number of ketones is 1. The second kappa shape index (κ2) is 12.0. The molecule has 2 aromatic carbocycles. The minimum absolute atomic E-state index is 0.0198. The monoisotopic (exact) mass is 495 g/mol. The Labute approximate surface area is 221 Å². The van der Waals surface area contributed by atoms with E-state index in [1.165, 1.54) is 0 Å². The molecular formula is C33H37NO3. The normalized spacial score (nSPS) is 18.2. The number of benzene rings is 2. The molecule has 1 atom stereocenters. The van der Waals surface area contributed by atoms with Gasteiger partial charge < -0.3 is 9.47 Å². The van der Waals surface area contributed by atoms with E-state index in [0.717, 1.165) is 46.3 Å². The zero-order chi connectivity index (χ0) is 27.2. The number of rotatable bonds is 8. The summed E-state index contributed by atoms with van der Waals surface area (Å²) in [6.45, 7) is 16.7. The van der Waals surface area contributed by atoms with Crippen LogP contribution in [0.25, 0.3) is 11.1 Å². The lowest BCUT2D eigenvalue weighted by Crippen LogP contribution is -2.39. The van der Waals surface area contributed by atoms with Gasteiger partial charge in [0.15, 0.2) is 5.78 Å². The maximum absolute atomic E-state index is 11.6. The molecule has 4 nitrogen and oxygen atoms in total. The van der Waals surface area contributed by atoms with Gasteiger partial charge in [0.25, 0.3) is 0 Å². The van der Waals surface area contributed by atoms with Gasteiger partial charge in [-0.1, -0.05) is 55.1 Å².